The Kier molecular flexibility index (Phi) is 2.52. The van der Waals surface area contributed by atoms with Crippen molar-refractivity contribution in [1.29, 1.82) is 0 Å². The molecule has 0 aliphatic heterocycles. The van der Waals surface area contributed by atoms with Gasteiger partial charge in [0, 0.05) is 12.0 Å². The van der Waals surface area contributed by atoms with Gasteiger partial charge >= 0.3 is 0 Å². The first kappa shape index (κ1) is 8.56. The van der Waals surface area contributed by atoms with Crippen molar-refractivity contribution >= 4 is 12.4 Å². The zero-order chi connectivity index (χ0) is 6.97. The molecule has 2 rings (SSSR count). The van der Waals surface area contributed by atoms with E-state index >= 15 is 0 Å². The predicted octanol–water partition coefficient (Wildman–Crippen LogP) is 1.43. The van der Waals surface area contributed by atoms with Crippen molar-refractivity contribution in [3.05, 3.63) is 17.5 Å². The molecule has 0 bridgehead atoms. The summed E-state index contributed by atoms with van der Waals surface area (Å²) in [5, 5.41) is 3.89. The quantitative estimate of drug-likeness (QED) is 0.738. The topological polar surface area (TPSA) is 52.0 Å². The molecule has 0 radical (unpaired) electrons. The Bertz CT molecular complexity index is 232. The van der Waals surface area contributed by atoms with E-state index in [0.29, 0.717) is 12.5 Å². The Hall–Kier alpha value is -0.540. The molecule has 1 fully saturated rings. The number of aromatic nitrogens is 1. The van der Waals surface area contributed by atoms with E-state index < -0.39 is 0 Å². The molecule has 0 unspecified atom stereocenters. The highest BCUT2D eigenvalue weighted by molar-refractivity contribution is 5.85. The molecule has 1 aliphatic rings. The maximum absolute atomic E-state index is 5.35. The van der Waals surface area contributed by atoms with E-state index in [-0.39, 0.29) is 12.4 Å². The summed E-state index contributed by atoms with van der Waals surface area (Å²) in [5.41, 5.74) is 6.43. The van der Waals surface area contributed by atoms with E-state index in [4.69, 9.17) is 10.3 Å². The molecule has 3 nitrogen and oxygen atoms in total. The zero-order valence-corrected chi connectivity index (χ0v) is 6.93. The number of nitrogens with two attached hydrogens (primary N) is 1. The molecule has 1 heterocycles. The first-order valence-corrected chi connectivity index (χ1v) is 3.55. The Labute approximate surface area is 71.3 Å². The van der Waals surface area contributed by atoms with E-state index in [1.165, 1.54) is 12.8 Å². The molecule has 1 aromatic heterocycles. The van der Waals surface area contributed by atoms with Crippen molar-refractivity contribution in [2.24, 2.45) is 5.73 Å². The SMILES string of the molecule is Cl.NCc1cc(C2CC2)no1. The Morgan fingerprint density at radius 2 is 2.36 bits per heavy atom. The van der Waals surface area contributed by atoms with Crippen LogP contribution in [0, 0.1) is 0 Å². The molecule has 11 heavy (non-hydrogen) atoms. The second-order valence-electron chi connectivity index (χ2n) is 2.70. The lowest BCUT2D eigenvalue weighted by Crippen LogP contribution is -1.92. The van der Waals surface area contributed by atoms with Gasteiger partial charge in [-0.3, -0.25) is 0 Å². The molecule has 0 saturated heterocycles. The second kappa shape index (κ2) is 3.24. The van der Waals surface area contributed by atoms with Crippen LogP contribution in [0.5, 0.6) is 0 Å². The Morgan fingerprint density at radius 3 is 2.82 bits per heavy atom. The molecule has 1 aromatic rings. The summed E-state index contributed by atoms with van der Waals surface area (Å²) in [6.07, 6.45) is 2.52. The maximum atomic E-state index is 5.35. The molecule has 1 aliphatic carbocycles. The molecule has 1 saturated carbocycles. The summed E-state index contributed by atoms with van der Waals surface area (Å²) in [5.74, 6) is 1.46. The lowest BCUT2D eigenvalue weighted by atomic mass is 10.3. The van der Waals surface area contributed by atoms with Gasteiger partial charge in [-0.05, 0) is 12.8 Å². The van der Waals surface area contributed by atoms with Crippen LogP contribution < -0.4 is 5.73 Å². The van der Waals surface area contributed by atoms with E-state index in [0.717, 1.165) is 11.5 Å². The van der Waals surface area contributed by atoms with E-state index in [2.05, 4.69) is 5.16 Å². The number of hydrogen-bond donors (Lipinski definition) is 1. The van der Waals surface area contributed by atoms with Gasteiger partial charge in [0.1, 0.15) is 0 Å². The van der Waals surface area contributed by atoms with Gasteiger partial charge in [-0.15, -0.1) is 12.4 Å². The molecular formula is C7H11ClN2O. The molecule has 0 amide bonds. The highest BCUT2D eigenvalue weighted by Crippen LogP contribution is 2.39. The van der Waals surface area contributed by atoms with Crippen LogP contribution in [0.2, 0.25) is 0 Å². The van der Waals surface area contributed by atoms with Crippen LogP contribution in [-0.4, -0.2) is 5.16 Å². The van der Waals surface area contributed by atoms with Crippen LogP contribution in [0.1, 0.15) is 30.2 Å². The van der Waals surface area contributed by atoms with Crippen molar-refractivity contribution in [2.75, 3.05) is 0 Å². The smallest absolute Gasteiger partial charge is 0.150 e. The van der Waals surface area contributed by atoms with Crippen molar-refractivity contribution in [3.8, 4) is 0 Å². The third kappa shape index (κ3) is 1.73. The lowest BCUT2D eigenvalue weighted by molar-refractivity contribution is 0.379. The summed E-state index contributed by atoms with van der Waals surface area (Å²) < 4.78 is 4.94. The average molecular weight is 175 g/mol. The van der Waals surface area contributed by atoms with Crippen LogP contribution in [0.15, 0.2) is 10.6 Å². The second-order valence-corrected chi connectivity index (χ2v) is 2.70. The number of hydrogen-bond acceptors (Lipinski definition) is 3. The van der Waals surface area contributed by atoms with Crippen molar-refractivity contribution in [1.82, 2.24) is 5.16 Å². The van der Waals surface area contributed by atoms with E-state index in [9.17, 15) is 0 Å². The highest BCUT2D eigenvalue weighted by Gasteiger charge is 2.26. The summed E-state index contributed by atoms with van der Waals surface area (Å²) in [7, 11) is 0. The van der Waals surface area contributed by atoms with Crippen LogP contribution in [-0.2, 0) is 6.54 Å². The lowest BCUT2D eigenvalue weighted by Gasteiger charge is -1.80. The average Bonchev–Trinajstić information content (AvgIpc) is 2.70. The standard InChI is InChI=1S/C7H10N2O.ClH/c8-4-6-3-7(9-10-6)5-1-2-5;/h3,5H,1-2,4,8H2;1H. The molecule has 0 aromatic carbocycles. The van der Waals surface area contributed by atoms with E-state index in [1.807, 2.05) is 6.07 Å². The van der Waals surface area contributed by atoms with Gasteiger partial charge in [0.05, 0.1) is 12.2 Å². The minimum Gasteiger partial charge on any atom is -0.360 e. The third-order valence-corrected chi connectivity index (χ3v) is 1.77. The Morgan fingerprint density at radius 1 is 1.64 bits per heavy atom. The molecule has 4 heteroatoms. The molecular weight excluding hydrogens is 164 g/mol. The van der Waals surface area contributed by atoms with E-state index in [1.54, 1.807) is 0 Å². The molecule has 0 spiro atoms. The van der Waals surface area contributed by atoms with Crippen molar-refractivity contribution < 1.29 is 4.52 Å². The fourth-order valence-corrected chi connectivity index (χ4v) is 0.997. The third-order valence-electron chi connectivity index (χ3n) is 1.77. The van der Waals surface area contributed by atoms with Crippen molar-refractivity contribution in [2.45, 2.75) is 25.3 Å². The number of rotatable bonds is 2. The zero-order valence-electron chi connectivity index (χ0n) is 6.12. The maximum Gasteiger partial charge on any atom is 0.150 e. The normalized spacial score (nSPS) is 16.1. The van der Waals surface area contributed by atoms with Crippen LogP contribution in [0.4, 0.5) is 0 Å². The molecule has 62 valence electrons. The fraction of sp³-hybridized carbons (Fsp3) is 0.571. The van der Waals surface area contributed by atoms with Crippen LogP contribution in [0.3, 0.4) is 0 Å². The van der Waals surface area contributed by atoms with Crippen LogP contribution >= 0.6 is 12.4 Å². The predicted molar refractivity (Wildman–Crippen MR) is 43.6 cm³/mol. The van der Waals surface area contributed by atoms with Crippen LogP contribution in [0.25, 0.3) is 0 Å². The minimum absolute atomic E-state index is 0. The van der Waals surface area contributed by atoms with Gasteiger partial charge in [-0.25, -0.2) is 0 Å². The summed E-state index contributed by atoms with van der Waals surface area (Å²) in [6.45, 7) is 0.458. The highest BCUT2D eigenvalue weighted by atomic mass is 35.5. The van der Waals surface area contributed by atoms with Gasteiger partial charge in [0.2, 0.25) is 0 Å². The van der Waals surface area contributed by atoms with Gasteiger partial charge in [0.15, 0.2) is 5.76 Å². The van der Waals surface area contributed by atoms with Gasteiger partial charge in [-0.2, -0.15) is 0 Å². The first-order valence-electron chi connectivity index (χ1n) is 3.55. The monoisotopic (exact) mass is 174 g/mol. The largest absolute Gasteiger partial charge is 0.360 e. The van der Waals surface area contributed by atoms with Crippen molar-refractivity contribution in [3.63, 3.8) is 0 Å². The molecule has 2 N–H and O–H groups in total. The fourth-order valence-electron chi connectivity index (χ4n) is 0.997. The first-order chi connectivity index (χ1) is 4.90. The summed E-state index contributed by atoms with van der Waals surface area (Å²) in [6, 6.07) is 1.96. The number of nitrogens with zero attached hydrogens (tertiary/aromatic N) is 1. The minimum atomic E-state index is 0. The molecule has 0 atom stereocenters. The van der Waals surface area contributed by atoms with Gasteiger partial charge < -0.3 is 10.3 Å². The summed E-state index contributed by atoms with van der Waals surface area (Å²) in [4.78, 5) is 0. The van der Waals surface area contributed by atoms with Gasteiger partial charge in [0.25, 0.3) is 0 Å². The van der Waals surface area contributed by atoms with Gasteiger partial charge in [-0.1, -0.05) is 5.16 Å². The number of halogens is 1. The Balaban J connectivity index is 0.000000605. The summed E-state index contributed by atoms with van der Waals surface area (Å²) >= 11 is 0.